The van der Waals surface area contributed by atoms with Gasteiger partial charge in [0.1, 0.15) is 0 Å². The molecule has 2 heterocycles. The van der Waals surface area contributed by atoms with Crippen LogP contribution in [0.25, 0.3) is 0 Å². The van der Waals surface area contributed by atoms with Gasteiger partial charge in [0.05, 0.1) is 31.5 Å². The van der Waals surface area contributed by atoms with E-state index in [0.29, 0.717) is 13.2 Å². The third-order valence-corrected chi connectivity index (χ3v) is 4.96. The Bertz CT molecular complexity index is 438. The van der Waals surface area contributed by atoms with Gasteiger partial charge in [-0.25, -0.2) is 0 Å². The van der Waals surface area contributed by atoms with Crippen molar-refractivity contribution in [2.75, 3.05) is 60.1 Å². The standard InChI is InChI=1S/C18H36N4O3.HI/c1-14-9-22(10-15(2)25-14)18(3,4)13-20-17(19-5)21-7-8-24-16(11-21)12-23-6;/h14-16H,7-13H2,1-6H3,(H,19,20);1H. The van der Waals surface area contributed by atoms with Crippen LogP contribution in [0.15, 0.2) is 4.99 Å². The van der Waals surface area contributed by atoms with Crippen molar-refractivity contribution in [3.63, 3.8) is 0 Å². The van der Waals surface area contributed by atoms with Gasteiger partial charge in [-0.15, -0.1) is 24.0 Å². The maximum Gasteiger partial charge on any atom is 0.193 e. The highest BCUT2D eigenvalue weighted by Crippen LogP contribution is 2.20. The van der Waals surface area contributed by atoms with E-state index in [9.17, 15) is 0 Å². The van der Waals surface area contributed by atoms with Crippen molar-refractivity contribution in [1.29, 1.82) is 0 Å². The maximum atomic E-state index is 5.87. The number of nitrogens with one attached hydrogen (secondary N) is 1. The van der Waals surface area contributed by atoms with E-state index in [1.807, 2.05) is 7.05 Å². The van der Waals surface area contributed by atoms with Crippen LogP contribution in [0.3, 0.4) is 0 Å². The van der Waals surface area contributed by atoms with Crippen LogP contribution in [-0.2, 0) is 14.2 Å². The summed E-state index contributed by atoms with van der Waals surface area (Å²) in [5.41, 5.74) is 0.0282. The van der Waals surface area contributed by atoms with Gasteiger partial charge in [-0.2, -0.15) is 0 Å². The Morgan fingerprint density at radius 3 is 2.46 bits per heavy atom. The summed E-state index contributed by atoms with van der Waals surface area (Å²) in [4.78, 5) is 9.25. The van der Waals surface area contributed by atoms with Crippen molar-refractivity contribution in [2.45, 2.75) is 51.5 Å². The van der Waals surface area contributed by atoms with Gasteiger partial charge in [0, 0.05) is 52.4 Å². The van der Waals surface area contributed by atoms with Crippen molar-refractivity contribution in [2.24, 2.45) is 4.99 Å². The number of aliphatic imine (C=N–C) groups is 1. The number of hydrogen-bond acceptors (Lipinski definition) is 5. The number of nitrogens with zero attached hydrogens (tertiary/aromatic N) is 3. The van der Waals surface area contributed by atoms with Crippen LogP contribution < -0.4 is 5.32 Å². The lowest BCUT2D eigenvalue weighted by Crippen LogP contribution is -2.60. The molecule has 2 aliphatic rings. The van der Waals surface area contributed by atoms with Gasteiger partial charge in [0.2, 0.25) is 0 Å². The molecule has 0 spiro atoms. The molecule has 8 heteroatoms. The number of guanidine groups is 1. The summed E-state index contributed by atoms with van der Waals surface area (Å²) in [6.45, 7) is 14.6. The van der Waals surface area contributed by atoms with E-state index in [1.165, 1.54) is 0 Å². The first-order valence-corrected chi connectivity index (χ1v) is 9.32. The van der Waals surface area contributed by atoms with Crippen molar-refractivity contribution in [3.05, 3.63) is 0 Å². The van der Waals surface area contributed by atoms with Gasteiger partial charge in [0.15, 0.2) is 5.96 Å². The first-order chi connectivity index (χ1) is 11.9. The zero-order valence-electron chi connectivity index (χ0n) is 17.2. The summed E-state index contributed by atoms with van der Waals surface area (Å²) < 4.78 is 16.8. The highest BCUT2D eigenvalue weighted by molar-refractivity contribution is 14.0. The van der Waals surface area contributed by atoms with E-state index < -0.39 is 0 Å². The van der Waals surface area contributed by atoms with Gasteiger partial charge < -0.3 is 24.4 Å². The largest absolute Gasteiger partial charge is 0.382 e. The predicted molar refractivity (Wildman–Crippen MR) is 116 cm³/mol. The fraction of sp³-hybridized carbons (Fsp3) is 0.944. The lowest BCUT2D eigenvalue weighted by molar-refractivity contribution is -0.0948. The zero-order chi connectivity index (χ0) is 18.4. The first kappa shape index (κ1) is 23.9. The summed E-state index contributed by atoms with van der Waals surface area (Å²) in [5, 5.41) is 3.57. The topological polar surface area (TPSA) is 58.6 Å². The van der Waals surface area contributed by atoms with Crippen LogP contribution in [0.4, 0.5) is 0 Å². The Labute approximate surface area is 175 Å². The summed E-state index contributed by atoms with van der Waals surface area (Å²) >= 11 is 0. The molecule has 0 aromatic rings. The average molecular weight is 484 g/mol. The molecule has 2 fully saturated rings. The molecule has 0 radical (unpaired) electrons. The van der Waals surface area contributed by atoms with Gasteiger partial charge in [-0.05, 0) is 27.7 Å². The van der Waals surface area contributed by atoms with E-state index in [2.05, 4.69) is 47.8 Å². The quantitative estimate of drug-likeness (QED) is 0.362. The highest BCUT2D eigenvalue weighted by atomic mass is 127. The summed E-state index contributed by atoms with van der Waals surface area (Å²) in [5.74, 6) is 0.937. The summed E-state index contributed by atoms with van der Waals surface area (Å²) in [7, 11) is 3.55. The molecule has 26 heavy (non-hydrogen) atoms. The normalized spacial score (nSPS) is 28.6. The Hall–Kier alpha value is -0.160. The van der Waals surface area contributed by atoms with Crippen molar-refractivity contribution >= 4 is 29.9 Å². The van der Waals surface area contributed by atoms with Crippen molar-refractivity contribution < 1.29 is 14.2 Å². The highest BCUT2D eigenvalue weighted by Gasteiger charge is 2.33. The molecule has 1 N–H and O–H groups in total. The second kappa shape index (κ2) is 11.0. The lowest BCUT2D eigenvalue weighted by Gasteiger charge is -2.45. The Morgan fingerprint density at radius 2 is 1.88 bits per heavy atom. The van der Waals surface area contributed by atoms with Crippen molar-refractivity contribution in [1.82, 2.24) is 15.1 Å². The monoisotopic (exact) mass is 484 g/mol. The molecule has 0 saturated carbocycles. The summed E-state index contributed by atoms with van der Waals surface area (Å²) in [6, 6.07) is 0. The van der Waals surface area contributed by atoms with Gasteiger partial charge in [-0.3, -0.25) is 9.89 Å². The number of rotatable bonds is 5. The molecular formula is C18H37IN4O3. The van der Waals surface area contributed by atoms with Crippen LogP contribution in [0.5, 0.6) is 0 Å². The molecule has 0 bridgehead atoms. The van der Waals surface area contributed by atoms with Crippen LogP contribution >= 0.6 is 24.0 Å². The molecule has 0 aromatic heterocycles. The molecule has 3 unspecified atom stereocenters. The Balaban J connectivity index is 0.00000338. The minimum Gasteiger partial charge on any atom is -0.382 e. The SMILES string of the molecule is CN=C(NCC(C)(C)N1CC(C)OC(C)C1)N1CCOC(COC)C1.I. The van der Waals surface area contributed by atoms with Crippen LogP contribution in [0.2, 0.25) is 0 Å². The third-order valence-electron chi connectivity index (χ3n) is 4.96. The van der Waals surface area contributed by atoms with Crippen LogP contribution in [-0.4, -0.2) is 99.7 Å². The molecule has 2 saturated heterocycles. The second-order valence-corrected chi connectivity index (χ2v) is 7.77. The maximum absolute atomic E-state index is 5.87. The minimum atomic E-state index is 0. The first-order valence-electron chi connectivity index (χ1n) is 9.32. The molecule has 154 valence electrons. The molecule has 3 atom stereocenters. The number of morpholine rings is 2. The number of halogens is 1. The molecular weight excluding hydrogens is 447 g/mol. The molecule has 2 aliphatic heterocycles. The number of hydrogen-bond donors (Lipinski definition) is 1. The van der Waals surface area contributed by atoms with Crippen LogP contribution in [0, 0.1) is 0 Å². The second-order valence-electron chi connectivity index (χ2n) is 7.77. The minimum absolute atomic E-state index is 0. The van der Waals surface area contributed by atoms with Crippen molar-refractivity contribution in [3.8, 4) is 0 Å². The van der Waals surface area contributed by atoms with Gasteiger partial charge in [0.25, 0.3) is 0 Å². The van der Waals surface area contributed by atoms with E-state index in [-0.39, 0.29) is 47.8 Å². The third kappa shape index (κ3) is 6.78. The van der Waals surface area contributed by atoms with E-state index >= 15 is 0 Å². The Kier molecular flexibility index (Phi) is 10.1. The fourth-order valence-electron chi connectivity index (χ4n) is 3.61. The van der Waals surface area contributed by atoms with E-state index in [0.717, 1.165) is 38.7 Å². The molecule has 0 aromatic carbocycles. The summed E-state index contributed by atoms with van der Waals surface area (Å²) in [6.07, 6.45) is 0.652. The van der Waals surface area contributed by atoms with Crippen LogP contribution in [0.1, 0.15) is 27.7 Å². The smallest absolute Gasteiger partial charge is 0.193 e. The molecule has 0 aliphatic carbocycles. The fourth-order valence-corrected chi connectivity index (χ4v) is 3.61. The number of ether oxygens (including phenoxy) is 3. The predicted octanol–water partition coefficient (Wildman–Crippen LogP) is 1.41. The zero-order valence-corrected chi connectivity index (χ0v) is 19.5. The van der Waals surface area contributed by atoms with E-state index in [1.54, 1.807) is 7.11 Å². The molecule has 0 amide bonds. The average Bonchev–Trinajstić information content (AvgIpc) is 2.55. The van der Waals surface area contributed by atoms with Gasteiger partial charge in [-0.1, -0.05) is 0 Å². The lowest BCUT2D eigenvalue weighted by atomic mass is 10.00. The Morgan fingerprint density at radius 1 is 1.23 bits per heavy atom. The van der Waals surface area contributed by atoms with Gasteiger partial charge >= 0.3 is 0 Å². The molecule has 2 rings (SSSR count). The molecule has 7 nitrogen and oxygen atoms in total. The number of methoxy groups -OCH3 is 1. The van der Waals surface area contributed by atoms with E-state index in [4.69, 9.17) is 14.2 Å².